The van der Waals surface area contributed by atoms with Crippen LogP contribution in [-0.2, 0) is 4.79 Å². The number of rotatable bonds is 2. The Morgan fingerprint density at radius 2 is 2.10 bits per heavy atom. The van der Waals surface area contributed by atoms with Gasteiger partial charge in [0.1, 0.15) is 6.10 Å². The molecule has 1 atom stereocenters. The molecule has 0 aliphatic heterocycles. The predicted octanol–water partition coefficient (Wildman–Crippen LogP) is -0.121. The van der Waals surface area contributed by atoms with Crippen LogP contribution in [0.3, 0.4) is 0 Å². The summed E-state index contributed by atoms with van der Waals surface area (Å²) < 4.78 is 0. The molecule has 1 unspecified atom stereocenters. The van der Waals surface area contributed by atoms with E-state index in [9.17, 15) is 4.79 Å². The summed E-state index contributed by atoms with van der Waals surface area (Å²) in [7, 11) is 0. The van der Waals surface area contributed by atoms with E-state index in [-0.39, 0.29) is 0 Å². The standard InChI is InChI=1S/C6H12N2O2/c1-4(2)7-8-6(10)5(3)9/h5,9H,1-3H3,(H,8,10). The number of nitrogens with zero attached hydrogens (tertiary/aromatic N) is 1. The van der Waals surface area contributed by atoms with Crippen LogP contribution >= 0.6 is 0 Å². The molecule has 0 heterocycles. The summed E-state index contributed by atoms with van der Waals surface area (Å²) in [6, 6.07) is 0. The molecule has 0 radical (unpaired) electrons. The number of hydrogen-bond donors (Lipinski definition) is 2. The highest BCUT2D eigenvalue weighted by Gasteiger charge is 2.05. The van der Waals surface area contributed by atoms with Gasteiger partial charge in [0.05, 0.1) is 0 Å². The number of hydrogen-bond acceptors (Lipinski definition) is 3. The van der Waals surface area contributed by atoms with E-state index < -0.39 is 12.0 Å². The summed E-state index contributed by atoms with van der Waals surface area (Å²) in [6.45, 7) is 4.89. The molecule has 0 aliphatic carbocycles. The van der Waals surface area contributed by atoms with E-state index in [1.165, 1.54) is 6.92 Å². The minimum absolute atomic E-state index is 0.485. The molecule has 0 saturated heterocycles. The van der Waals surface area contributed by atoms with E-state index in [4.69, 9.17) is 5.11 Å². The Bertz CT molecular complexity index is 148. The van der Waals surface area contributed by atoms with Gasteiger partial charge in [-0.1, -0.05) is 0 Å². The van der Waals surface area contributed by atoms with Crippen LogP contribution in [0, 0.1) is 0 Å². The van der Waals surface area contributed by atoms with E-state index in [0.717, 1.165) is 5.71 Å². The van der Waals surface area contributed by atoms with Crippen molar-refractivity contribution in [2.45, 2.75) is 26.9 Å². The summed E-state index contributed by atoms with van der Waals surface area (Å²) >= 11 is 0. The van der Waals surface area contributed by atoms with Gasteiger partial charge < -0.3 is 5.11 Å². The molecule has 0 fully saturated rings. The quantitative estimate of drug-likeness (QED) is 0.419. The van der Waals surface area contributed by atoms with E-state index >= 15 is 0 Å². The minimum atomic E-state index is -0.997. The van der Waals surface area contributed by atoms with Crippen LogP contribution in [0.1, 0.15) is 20.8 Å². The van der Waals surface area contributed by atoms with Crippen molar-refractivity contribution in [3.8, 4) is 0 Å². The Kier molecular flexibility index (Phi) is 3.64. The maximum atomic E-state index is 10.6. The van der Waals surface area contributed by atoms with E-state index in [1.807, 2.05) is 0 Å². The van der Waals surface area contributed by atoms with Crippen molar-refractivity contribution in [2.75, 3.05) is 0 Å². The molecule has 1 amide bonds. The predicted molar refractivity (Wildman–Crippen MR) is 38.6 cm³/mol. The lowest BCUT2D eigenvalue weighted by molar-refractivity contribution is -0.128. The van der Waals surface area contributed by atoms with Gasteiger partial charge in [-0.25, -0.2) is 5.43 Å². The fourth-order valence-electron chi connectivity index (χ4n) is 0.260. The van der Waals surface area contributed by atoms with Crippen molar-refractivity contribution in [1.29, 1.82) is 0 Å². The molecular weight excluding hydrogens is 132 g/mol. The second-order valence-electron chi connectivity index (χ2n) is 2.21. The maximum Gasteiger partial charge on any atom is 0.268 e. The first-order valence-electron chi connectivity index (χ1n) is 3.03. The third kappa shape index (κ3) is 4.03. The summed E-state index contributed by atoms with van der Waals surface area (Å²) in [4.78, 5) is 10.6. The monoisotopic (exact) mass is 144 g/mol. The number of hydrazone groups is 1. The van der Waals surface area contributed by atoms with Gasteiger partial charge in [-0.2, -0.15) is 5.10 Å². The van der Waals surface area contributed by atoms with Crippen LogP contribution in [0.2, 0.25) is 0 Å². The highest BCUT2D eigenvalue weighted by molar-refractivity contribution is 5.84. The van der Waals surface area contributed by atoms with Crippen LogP contribution in [0.15, 0.2) is 5.10 Å². The fraction of sp³-hybridized carbons (Fsp3) is 0.667. The lowest BCUT2D eigenvalue weighted by Gasteiger charge is -2.00. The molecule has 0 aromatic rings. The second kappa shape index (κ2) is 4.00. The number of carbonyl (C=O) groups excluding carboxylic acids is 1. The van der Waals surface area contributed by atoms with Crippen LogP contribution in [0.5, 0.6) is 0 Å². The number of carbonyl (C=O) groups is 1. The van der Waals surface area contributed by atoms with Crippen LogP contribution in [0.25, 0.3) is 0 Å². The van der Waals surface area contributed by atoms with Gasteiger partial charge in [0, 0.05) is 5.71 Å². The summed E-state index contributed by atoms with van der Waals surface area (Å²) in [6.07, 6.45) is -0.997. The topological polar surface area (TPSA) is 61.7 Å². The lowest BCUT2D eigenvalue weighted by Crippen LogP contribution is -2.29. The Morgan fingerprint density at radius 1 is 1.60 bits per heavy atom. The molecule has 0 aromatic carbocycles. The Hall–Kier alpha value is -0.900. The molecule has 2 N–H and O–H groups in total. The molecule has 0 aliphatic rings. The maximum absolute atomic E-state index is 10.6. The average molecular weight is 144 g/mol. The molecule has 0 rings (SSSR count). The molecule has 0 spiro atoms. The minimum Gasteiger partial charge on any atom is -0.383 e. The molecule has 0 bridgehead atoms. The number of amides is 1. The van der Waals surface area contributed by atoms with Crippen LogP contribution in [0.4, 0.5) is 0 Å². The van der Waals surface area contributed by atoms with E-state index in [0.29, 0.717) is 0 Å². The second-order valence-corrected chi connectivity index (χ2v) is 2.21. The molecule has 0 aromatic heterocycles. The van der Waals surface area contributed by atoms with Gasteiger partial charge in [-0.05, 0) is 20.8 Å². The zero-order chi connectivity index (χ0) is 8.15. The zero-order valence-electron chi connectivity index (χ0n) is 6.38. The summed E-state index contributed by atoms with van der Waals surface area (Å²) in [5.74, 6) is -0.485. The van der Waals surface area contributed by atoms with Gasteiger partial charge in [0.2, 0.25) is 0 Å². The summed E-state index contributed by atoms with van der Waals surface area (Å²) in [5, 5.41) is 12.3. The number of aliphatic hydroxyl groups is 1. The highest BCUT2D eigenvalue weighted by atomic mass is 16.3. The van der Waals surface area contributed by atoms with Crippen molar-refractivity contribution in [3.05, 3.63) is 0 Å². The number of nitrogens with one attached hydrogen (secondary N) is 1. The van der Waals surface area contributed by atoms with Crippen molar-refractivity contribution in [2.24, 2.45) is 5.10 Å². The van der Waals surface area contributed by atoms with Crippen LogP contribution in [-0.4, -0.2) is 22.8 Å². The molecule has 58 valence electrons. The third-order valence-corrected chi connectivity index (χ3v) is 0.769. The smallest absolute Gasteiger partial charge is 0.268 e. The summed E-state index contributed by atoms with van der Waals surface area (Å²) in [5.41, 5.74) is 2.92. The normalized spacial score (nSPS) is 12.0. The largest absolute Gasteiger partial charge is 0.383 e. The van der Waals surface area contributed by atoms with Crippen LogP contribution < -0.4 is 5.43 Å². The van der Waals surface area contributed by atoms with Crippen molar-refractivity contribution in [3.63, 3.8) is 0 Å². The number of aliphatic hydroxyl groups excluding tert-OH is 1. The van der Waals surface area contributed by atoms with Gasteiger partial charge in [0.15, 0.2) is 0 Å². The van der Waals surface area contributed by atoms with E-state index in [1.54, 1.807) is 13.8 Å². The lowest BCUT2D eigenvalue weighted by atomic mass is 10.4. The Balaban J connectivity index is 3.71. The molecule has 4 heteroatoms. The van der Waals surface area contributed by atoms with Crippen molar-refractivity contribution < 1.29 is 9.90 Å². The van der Waals surface area contributed by atoms with Crippen molar-refractivity contribution in [1.82, 2.24) is 5.43 Å². The van der Waals surface area contributed by atoms with Gasteiger partial charge in [-0.3, -0.25) is 4.79 Å². The van der Waals surface area contributed by atoms with Gasteiger partial charge in [0.25, 0.3) is 5.91 Å². The van der Waals surface area contributed by atoms with Crippen molar-refractivity contribution >= 4 is 11.6 Å². The first kappa shape index (κ1) is 9.10. The van der Waals surface area contributed by atoms with Gasteiger partial charge >= 0.3 is 0 Å². The molecule has 10 heavy (non-hydrogen) atoms. The third-order valence-electron chi connectivity index (χ3n) is 0.769. The Labute approximate surface area is 59.9 Å². The zero-order valence-corrected chi connectivity index (χ0v) is 6.38. The fourth-order valence-corrected chi connectivity index (χ4v) is 0.260. The SMILES string of the molecule is CC(C)=NNC(=O)C(C)O. The average Bonchev–Trinajstić information content (AvgIpc) is 1.82. The molecule has 4 nitrogen and oxygen atoms in total. The first-order valence-corrected chi connectivity index (χ1v) is 3.03. The first-order chi connectivity index (χ1) is 4.54. The molecular formula is C6H12N2O2. The van der Waals surface area contributed by atoms with E-state index in [2.05, 4.69) is 10.5 Å². The highest BCUT2D eigenvalue weighted by Crippen LogP contribution is 1.78. The Morgan fingerprint density at radius 3 is 2.40 bits per heavy atom. The molecule has 0 saturated carbocycles. The van der Waals surface area contributed by atoms with Gasteiger partial charge in [-0.15, -0.1) is 0 Å².